The number of aliphatic hydroxyl groups is 2. The predicted octanol–water partition coefficient (Wildman–Crippen LogP) is 4.32. The van der Waals surface area contributed by atoms with Crippen LogP contribution in [0.1, 0.15) is 63.0 Å². The van der Waals surface area contributed by atoms with E-state index in [0.717, 1.165) is 30.4 Å². The molecule has 0 radical (unpaired) electrons. The molecule has 0 unspecified atom stereocenters. The number of allylic oxidation sites excluding steroid dienone is 2. The smallest absolute Gasteiger partial charge is 0.305 e. The number of carbonyl (C=O) groups is 1. The maximum absolute atomic E-state index is 11.1. The molecule has 0 bridgehead atoms. The summed E-state index contributed by atoms with van der Waals surface area (Å²) in [6.07, 6.45) is 7.18. The zero-order valence-electron chi connectivity index (χ0n) is 17.1. The number of esters is 1. The summed E-state index contributed by atoms with van der Waals surface area (Å²) in [5.41, 5.74) is 1.89. The molecule has 0 spiro atoms. The summed E-state index contributed by atoms with van der Waals surface area (Å²) in [4.78, 5) is 11.1. The van der Waals surface area contributed by atoms with Crippen LogP contribution in [0.25, 0.3) is 0 Å². The minimum Gasteiger partial charge on any atom is -0.469 e. The van der Waals surface area contributed by atoms with Crippen LogP contribution in [0.3, 0.4) is 0 Å². The molecule has 1 saturated carbocycles. The molecule has 0 aromatic heterocycles. The van der Waals surface area contributed by atoms with Gasteiger partial charge < -0.3 is 14.9 Å². The zero-order chi connectivity index (χ0) is 20.7. The molecule has 1 fully saturated rings. The summed E-state index contributed by atoms with van der Waals surface area (Å²) in [7, 11) is 1.40. The van der Waals surface area contributed by atoms with Gasteiger partial charge in [0.05, 0.1) is 19.8 Å². The first-order valence-electron chi connectivity index (χ1n) is 10.1. The Labute approximate surface area is 173 Å². The summed E-state index contributed by atoms with van der Waals surface area (Å²) in [6, 6.07) is 8.20. The lowest BCUT2D eigenvalue weighted by Gasteiger charge is -2.26. The lowest BCUT2D eigenvalue weighted by Crippen LogP contribution is -2.22. The van der Waals surface area contributed by atoms with Gasteiger partial charge in [0.15, 0.2) is 0 Å². The molecule has 28 heavy (non-hydrogen) atoms. The van der Waals surface area contributed by atoms with Gasteiger partial charge in [0, 0.05) is 23.1 Å². The van der Waals surface area contributed by atoms with Crippen molar-refractivity contribution in [3.8, 4) is 0 Å². The summed E-state index contributed by atoms with van der Waals surface area (Å²) < 4.78 is 4.64. The second-order valence-electron chi connectivity index (χ2n) is 8.35. The predicted molar refractivity (Wildman–Crippen MR) is 113 cm³/mol. The number of halogens is 1. The van der Waals surface area contributed by atoms with E-state index in [0.29, 0.717) is 12.8 Å². The highest BCUT2D eigenvalue weighted by atomic mass is 35.5. The molecule has 5 heteroatoms. The van der Waals surface area contributed by atoms with Crippen LogP contribution in [0.15, 0.2) is 36.4 Å². The molecule has 2 rings (SSSR count). The van der Waals surface area contributed by atoms with E-state index in [1.165, 1.54) is 7.11 Å². The lowest BCUT2D eigenvalue weighted by molar-refractivity contribution is -0.140. The highest BCUT2D eigenvalue weighted by Gasteiger charge is 2.41. The number of hydrogen-bond acceptors (Lipinski definition) is 4. The van der Waals surface area contributed by atoms with Crippen molar-refractivity contribution in [2.75, 3.05) is 13.7 Å². The van der Waals surface area contributed by atoms with E-state index in [2.05, 4.69) is 29.0 Å². The molecule has 1 aromatic rings. The number of alkyl halides is 1. The molecule has 1 aromatic carbocycles. The van der Waals surface area contributed by atoms with Crippen molar-refractivity contribution in [1.82, 2.24) is 0 Å². The van der Waals surface area contributed by atoms with E-state index in [4.69, 9.17) is 11.6 Å². The van der Waals surface area contributed by atoms with Gasteiger partial charge in [0.2, 0.25) is 0 Å². The van der Waals surface area contributed by atoms with Gasteiger partial charge in [-0.1, -0.05) is 50.3 Å². The molecule has 1 aliphatic rings. The first-order valence-corrected chi connectivity index (χ1v) is 10.5. The first-order chi connectivity index (χ1) is 13.3. The number of rotatable bonds is 9. The maximum Gasteiger partial charge on any atom is 0.305 e. The molecule has 4 nitrogen and oxygen atoms in total. The van der Waals surface area contributed by atoms with Crippen LogP contribution >= 0.6 is 11.6 Å². The fourth-order valence-electron chi connectivity index (χ4n) is 3.91. The van der Waals surface area contributed by atoms with Gasteiger partial charge in [0.25, 0.3) is 0 Å². The molecular weight excluding hydrogens is 376 g/mol. The monoisotopic (exact) mass is 408 g/mol. The number of aliphatic hydroxyl groups excluding tert-OH is 2. The standard InChI is InChI=1S/C23H33ClO4/c1-23(2,15-25)17-12-10-16(11-13-17)22-18(19(24)14-20(22)26)8-6-4-5-7-9-21(27)28-3/h4,6,10-13,18-20,22,25-26H,5,7-9,14-15H2,1-3H3/b6-4-/t18-,19-,20+,22+/m0/s1. The third-order valence-electron chi connectivity index (χ3n) is 5.83. The summed E-state index contributed by atoms with van der Waals surface area (Å²) in [5, 5.41) is 20.1. The van der Waals surface area contributed by atoms with E-state index >= 15 is 0 Å². The molecule has 4 atom stereocenters. The minimum absolute atomic E-state index is 0.00788. The van der Waals surface area contributed by atoms with Crippen LogP contribution in [0.2, 0.25) is 0 Å². The second kappa shape index (κ2) is 10.4. The van der Waals surface area contributed by atoms with Crippen LogP contribution in [0.5, 0.6) is 0 Å². The van der Waals surface area contributed by atoms with Crippen LogP contribution in [-0.4, -0.2) is 41.4 Å². The van der Waals surface area contributed by atoms with Crippen molar-refractivity contribution in [1.29, 1.82) is 0 Å². The molecule has 156 valence electrons. The quantitative estimate of drug-likeness (QED) is 0.276. The van der Waals surface area contributed by atoms with Gasteiger partial charge in [-0.05, 0) is 42.7 Å². The Morgan fingerprint density at radius 1 is 1.29 bits per heavy atom. The summed E-state index contributed by atoms with van der Waals surface area (Å²) >= 11 is 6.56. The molecule has 0 aliphatic heterocycles. The van der Waals surface area contributed by atoms with Gasteiger partial charge in [-0.15, -0.1) is 11.6 Å². The van der Waals surface area contributed by atoms with Gasteiger partial charge >= 0.3 is 5.97 Å². The fourth-order valence-corrected chi connectivity index (χ4v) is 4.35. The van der Waals surface area contributed by atoms with Crippen molar-refractivity contribution >= 4 is 17.6 Å². The zero-order valence-corrected chi connectivity index (χ0v) is 17.9. The number of unbranched alkanes of at least 4 members (excludes halogenated alkanes) is 1. The minimum atomic E-state index is -0.447. The normalized spacial score (nSPS) is 25.4. The second-order valence-corrected chi connectivity index (χ2v) is 8.91. The van der Waals surface area contributed by atoms with Crippen molar-refractivity contribution < 1.29 is 19.7 Å². The highest BCUT2D eigenvalue weighted by Crippen LogP contribution is 2.45. The first kappa shape index (κ1) is 22.9. The molecule has 0 amide bonds. The maximum atomic E-state index is 11.1. The van der Waals surface area contributed by atoms with Crippen LogP contribution in [-0.2, 0) is 14.9 Å². The summed E-state index contributed by atoms with van der Waals surface area (Å²) in [6.45, 7) is 4.11. The van der Waals surface area contributed by atoms with Gasteiger partial charge in [-0.3, -0.25) is 4.79 Å². The molecule has 0 saturated heterocycles. The van der Waals surface area contributed by atoms with Crippen molar-refractivity contribution in [3.63, 3.8) is 0 Å². The van der Waals surface area contributed by atoms with Gasteiger partial charge in [0.1, 0.15) is 0 Å². The largest absolute Gasteiger partial charge is 0.469 e. The SMILES string of the molecule is COC(=O)CCC/C=C\C[C@@H]1[C@@H](c2ccc(C(C)(C)CO)cc2)[C@H](O)C[C@@H]1Cl. The van der Waals surface area contributed by atoms with E-state index in [1.807, 2.05) is 26.0 Å². The number of benzene rings is 1. The lowest BCUT2D eigenvalue weighted by atomic mass is 9.81. The third kappa shape index (κ3) is 5.82. The van der Waals surface area contributed by atoms with Gasteiger partial charge in [-0.25, -0.2) is 0 Å². The van der Waals surface area contributed by atoms with Gasteiger partial charge in [-0.2, -0.15) is 0 Å². The van der Waals surface area contributed by atoms with Crippen molar-refractivity contribution in [2.45, 2.75) is 68.8 Å². The van der Waals surface area contributed by atoms with Crippen LogP contribution in [0, 0.1) is 5.92 Å². The van der Waals surface area contributed by atoms with E-state index in [1.54, 1.807) is 0 Å². The number of methoxy groups -OCH3 is 1. The Bertz CT molecular complexity index is 653. The third-order valence-corrected chi connectivity index (χ3v) is 6.34. The Hall–Kier alpha value is -1.36. The average Bonchev–Trinajstić information content (AvgIpc) is 2.97. The van der Waals surface area contributed by atoms with Crippen LogP contribution in [0.4, 0.5) is 0 Å². The fraction of sp³-hybridized carbons (Fsp3) is 0.609. The van der Waals surface area contributed by atoms with Crippen molar-refractivity contribution in [3.05, 3.63) is 47.5 Å². The number of hydrogen-bond donors (Lipinski definition) is 2. The Kier molecular flexibility index (Phi) is 8.54. The van der Waals surface area contributed by atoms with E-state index in [-0.39, 0.29) is 35.2 Å². The molecule has 2 N–H and O–H groups in total. The summed E-state index contributed by atoms with van der Waals surface area (Å²) in [5.74, 6) is -0.000224. The Morgan fingerprint density at radius 3 is 2.57 bits per heavy atom. The number of ether oxygens (including phenoxy) is 1. The molecule has 0 heterocycles. The molecular formula is C23H33ClO4. The van der Waals surface area contributed by atoms with Crippen molar-refractivity contribution in [2.24, 2.45) is 5.92 Å². The Balaban J connectivity index is 2.00. The topological polar surface area (TPSA) is 66.8 Å². The Morgan fingerprint density at radius 2 is 1.96 bits per heavy atom. The van der Waals surface area contributed by atoms with E-state index in [9.17, 15) is 15.0 Å². The molecule has 1 aliphatic carbocycles. The highest BCUT2D eigenvalue weighted by molar-refractivity contribution is 6.21. The van der Waals surface area contributed by atoms with E-state index < -0.39 is 6.10 Å². The number of carbonyl (C=O) groups excluding carboxylic acids is 1. The average molecular weight is 409 g/mol. The van der Waals surface area contributed by atoms with Crippen LogP contribution < -0.4 is 0 Å².